The summed E-state index contributed by atoms with van der Waals surface area (Å²) in [6.07, 6.45) is 2.85. The predicted molar refractivity (Wildman–Crippen MR) is 90.2 cm³/mol. The fourth-order valence-corrected chi connectivity index (χ4v) is 2.91. The van der Waals surface area contributed by atoms with Gasteiger partial charge in [0.05, 0.1) is 4.70 Å². The van der Waals surface area contributed by atoms with Crippen molar-refractivity contribution < 1.29 is 0 Å². The van der Waals surface area contributed by atoms with Gasteiger partial charge in [-0.05, 0) is 54.7 Å². The van der Waals surface area contributed by atoms with Gasteiger partial charge in [-0.2, -0.15) is 4.37 Å². The minimum atomic E-state index is 0.894. The molecule has 1 aromatic carbocycles. The summed E-state index contributed by atoms with van der Waals surface area (Å²) in [7, 11) is 0. The molecular weight excluding hydrogens is 280 g/mol. The number of nitrogens with zero attached hydrogens (tertiary/aromatic N) is 2. The molecule has 0 spiro atoms. The number of fused-ring (bicyclic) bond motifs is 1. The maximum Gasteiger partial charge on any atom is 0.147 e. The van der Waals surface area contributed by atoms with Crippen LogP contribution in [0, 0.1) is 6.92 Å². The van der Waals surface area contributed by atoms with E-state index in [1.54, 1.807) is 0 Å². The number of rotatable bonds is 6. The largest absolute Gasteiger partial charge is 0.370 e. The third-order valence-electron chi connectivity index (χ3n) is 3.25. The number of benzene rings is 1. The van der Waals surface area contributed by atoms with Crippen LogP contribution in [0.5, 0.6) is 0 Å². The molecule has 4 nitrogen and oxygen atoms in total. The van der Waals surface area contributed by atoms with Gasteiger partial charge in [-0.1, -0.05) is 12.1 Å². The van der Waals surface area contributed by atoms with Crippen molar-refractivity contribution in [1.82, 2.24) is 9.36 Å². The molecule has 21 heavy (non-hydrogen) atoms. The summed E-state index contributed by atoms with van der Waals surface area (Å²) in [5, 5.41) is 7.94. The van der Waals surface area contributed by atoms with Gasteiger partial charge >= 0.3 is 0 Å². The lowest BCUT2D eigenvalue weighted by molar-refractivity contribution is 0.901. The van der Waals surface area contributed by atoms with E-state index < -0.39 is 0 Å². The number of hydrogen-bond donors (Lipinski definition) is 2. The molecule has 0 aliphatic carbocycles. The van der Waals surface area contributed by atoms with Crippen LogP contribution in [0.3, 0.4) is 0 Å². The van der Waals surface area contributed by atoms with Gasteiger partial charge in [-0.15, -0.1) is 0 Å². The molecule has 2 aromatic heterocycles. The van der Waals surface area contributed by atoms with Crippen LogP contribution in [0.2, 0.25) is 0 Å². The first-order chi connectivity index (χ1) is 10.3. The second-order valence-electron chi connectivity index (χ2n) is 4.95. The van der Waals surface area contributed by atoms with E-state index in [-0.39, 0.29) is 0 Å². The van der Waals surface area contributed by atoms with Gasteiger partial charge in [0, 0.05) is 24.7 Å². The second kappa shape index (κ2) is 6.54. The molecule has 0 aliphatic heterocycles. The Labute approximate surface area is 128 Å². The molecular formula is C16H18N4S. The lowest BCUT2D eigenvalue weighted by Crippen LogP contribution is -2.10. The first-order valence-electron chi connectivity index (χ1n) is 7.08. The van der Waals surface area contributed by atoms with E-state index in [9.17, 15) is 0 Å². The van der Waals surface area contributed by atoms with E-state index in [0.29, 0.717) is 0 Å². The Kier molecular flexibility index (Phi) is 4.31. The summed E-state index contributed by atoms with van der Waals surface area (Å²) < 4.78 is 5.68. The maximum atomic E-state index is 4.46. The minimum absolute atomic E-state index is 0.894. The monoisotopic (exact) mass is 298 g/mol. The highest BCUT2D eigenvalue weighted by Crippen LogP contribution is 2.25. The highest BCUT2D eigenvalue weighted by atomic mass is 32.1. The molecule has 108 valence electrons. The molecule has 0 radical (unpaired) electrons. The minimum Gasteiger partial charge on any atom is -0.370 e. The number of hydrogen-bond acceptors (Lipinski definition) is 5. The number of aryl methyl sites for hydroxylation is 1. The molecule has 0 amide bonds. The normalized spacial score (nSPS) is 10.7. The van der Waals surface area contributed by atoms with Gasteiger partial charge in [-0.3, -0.25) is 0 Å². The van der Waals surface area contributed by atoms with Crippen molar-refractivity contribution in [2.75, 3.05) is 23.7 Å². The summed E-state index contributed by atoms with van der Waals surface area (Å²) in [4.78, 5) is 4.29. The predicted octanol–water partition coefficient (Wildman–Crippen LogP) is 3.91. The van der Waals surface area contributed by atoms with Gasteiger partial charge in [0.15, 0.2) is 0 Å². The number of aromatic nitrogens is 2. The molecule has 3 aromatic rings. The van der Waals surface area contributed by atoms with Crippen molar-refractivity contribution in [2.45, 2.75) is 13.3 Å². The molecule has 0 fully saturated rings. The zero-order valence-electron chi connectivity index (χ0n) is 12.0. The molecule has 0 bridgehead atoms. The molecule has 0 atom stereocenters. The van der Waals surface area contributed by atoms with Crippen LogP contribution in [0.4, 0.5) is 11.6 Å². The van der Waals surface area contributed by atoms with Crippen molar-refractivity contribution in [2.24, 2.45) is 0 Å². The van der Waals surface area contributed by atoms with Crippen LogP contribution in [0.1, 0.15) is 12.0 Å². The first-order valence-corrected chi connectivity index (χ1v) is 7.85. The lowest BCUT2D eigenvalue weighted by atomic mass is 10.2. The highest BCUT2D eigenvalue weighted by molar-refractivity contribution is 7.13. The fraction of sp³-hybridized carbons (Fsp3) is 0.250. The molecule has 5 heteroatoms. The summed E-state index contributed by atoms with van der Waals surface area (Å²) in [6.45, 7) is 3.86. The quantitative estimate of drug-likeness (QED) is 0.677. The summed E-state index contributed by atoms with van der Waals surface area (Å²) >= 11 is 1.54. The van der Waals surface area contributed by atoms with E-state index in [1.165, 1.54) is 27.2 Å². The van der Waals surface area contributed by atoms with Crippen LogP contribution >= 0.6 is 11.5 Å². The van der Waals surface area contributed by atoms with Crippen LogP contribution < -0.4 is 10.6 Å². The Morgan fingerprint density at radius 2 is 1.95 bits per heavy atom. The van der Waals surface area contributed by atoms with E-state index in [0.717, 1.165) is 31.1 Å². The van der Waals surface area contributed by atoms with E-state index >= 15 is 0 Å². The maximum absolute atomic E-state index is 4.46. The second-order valence-corrected chi connectivity index (χ2v) is 5.76. The fourth-order valence-electron chi connectivity index (χ4n) is 2.16. The first kappa shape index (κ1) is 13.8. The third-order valence-corrected chi connectivity index (χ3v) is 4.07. The van der Waals surface area contributed by atoms with Crippen molar-refractivity contribution in [1.29, 1.82) is 0 Å². The Morgan fingerprint density at radius 1 is 1.10 bits per heavy atom. The highest BCUT2D eigenvalue weighted by Gasteiger charge is 2.03. The van der Waals surface area contributed by atoms with Crippen molar-refractivity contribution >= 4 is 33.3 Å². The van der Waals surface area contributed by atoms with Crippen LogP contribution in [0.15, 0.2) is 42.6 Å². The molecule has 0 saturated carbocycles. The van der Waals surface area contributed by atoms with Gasteiger partial charge < -0.3 is 10.6 Å². The SMILES string of the molecule is Cc1ccnc(NCCCNc2nsc3ccccc23)c1. The molecule has 0 saturated heterocycles. The average molecular weight is 298 g/mol. The number of anilines is 2. The molecule has 0 aliphatic rings. The van der Waals surface area contributed by atoms with E-state index in [1.807, 2.05) is 24.4 Å². The lowest BCUT2D eigenvalue weighted by Gasteiger charge is -2.07. The van der Waals surface area contributed by atoms with Gasteiger partial charge in [0.2, 0.25) is 0 Å². The van der Waals surface area contributed by atoms with Crippen molar-refractivity contribution in [3.8, 4) is 0 Å². The topological polar surface area (TPSA) is 49.8 Å². The molecule has 2 N–H and O–H groups in total. The Morgan fingerprint density at radius 3 is 2.86 bits per heavy atom. The number of nitrogens with one attached hydrogen (secondary N) is 2. The standard InChI is InChI=1S/C16H18N4S/c1-12-7-10-18-15(11-12)17-8-4-9-19-16-13-5-2-3-6-14(13)21-20-16/h2-3,5-7,10-11H,4,8-9H2,1H3,(H,17,18)(H,19,20). The Balaban J connectivity index is 1.46. The van der Waals surface area contributed by atoms with Crippen LogP contribution in [-0.2, 0) is 0 Å². The molecule has 0 unspecified atom stereocenters. The van der Waals surface area contributed by atoms with Crippen molar-refractivity contribution in [3.63, 3.8) is 0 Å². The average Bonchev–Trinajstić information content (AvgIpc) is 2.90. The van der Waals surface area contributed by atoms with Crippen molar-refractivity contribution in [3.05, 3.63) is 48.2 Å². The third kappa shape index (κ3) is 3.49. The zero-order valence-corrected chi connectivity index (χ0v) is 12.8. The van der Waals surface area contributed by atoms with Gasteiger partial charge in [0.25, 0.3) is 0 Å². The number of pyridine rings is 1. The zero-order chi connectivity index (χ0) is 14.5. The van der Waals surface area contributed by atoms with Crippen LogP contribution in [-0.4, -0.2) is 22.4 Å². The van der Waals surface area contributed by atoms with Gasteiger partial charge in [0.1, 0.15) is 11.6 Å². The Bertz CT molecular complexity index is 723. The van der Waals surface area contributed by atoms with Gasteiger partial charge in [-0.25, -0.2) is 4.98 Å². The van der Waals surface area contributed by atoms with E-state index in [2.05, 4.69) is 45.1 Å². The summed E-state index contributed by atoms with van der Waals surface area (Å²) in [6, 6.07) is 12.4. The van der Waals surface area contributed by atoms with E-state index in [4.69, 9.17) is 0 Å². The molecule has 2 heterocycles. The smallest absolute Gasteiger partial charge is 0.147 e. The molecule has 3 rings (SSSR count). The van der Waals surface area contributed by atoms with Crippen LogP contribution in [0.25, 0.3) is 10.1 Å². The Hall–Kier alpha value is -2.14. The summed E-state index contributed by atoms with van der Waals surface area (Å²) in [5.41, 5.74) is 1.22. The summed E-state index contributed by atoms with van der Waals surface area (Å²) in [5.74, 6) is 1.93.